The molecule has 5 nitrogen and oxygen atoms in total. The van der Waals surface area contributed by atoms with E-state index < -0.39 is 0 Å². The minimum absolute atomic E-state index is 0.150. The summed E-state index contributed by atoms with van der Waals surface area (Å²) < 4.78 is 0. The van der Waals surface area contributed by atoms with Gasteiger partial charge in [0.15, 0.2) is 0 Å². The van der Waals surface area contributed by atoms with E-state index in [0.29, 0.717) is 16.3 Å². The molecule has 0 radical (unpaired) electrons. The third kappa shape index (κ3) is 4.19. The van der Waals surface area contributed by atoms with Crippen LogP contribution < -0.4 is 16.2 Å². The molecule has 1 aromatic heterocycles. The molecule has 2 amide bonds. The zero-order valence-corrected chi connectivity index (χ0v) is 12.3. The molecule has 1 aromatic carbocycles. The van der Waals surface area contributed by atoms with Gasteiger partial charge in [0.1, 0.15) is 0 Å². The number of anilines is 1. The monoisotopic (exact) mass is 301 g/mol. The molecule has 3 N–H and O–H groups in total. The van der Waals surface area contributed by atoms with Crippen LogP contribution in [0.1, 0.15) is 22.2 Å². The van der Waals surface area contributed by atoms with E-state index in [1.54, 1.807) is 24.3 Å². The van der Waals surface area contributed by atoms with Gasteiger partial charge in [-0.05, 0) is 23.6 Å². The highest BCUT2D eigenvalue weighted by Crippen LogP contribution is 2.17. The van der Waals surface area contributed by atoms with Crippen LogP contribution >= 0.6 is 11.3 Å². The molecule has 0 aliphatic carbocycles. The molecular formula is C15H15N3O2S. The van der Waals surface area contributed by atoms with Gasteiger partial charge in [-0.15, -0.1) is 11.3 Å². The van der Waals surface area contributed by atoms with Crippen molar-refractivity contribution < 1.29 is 9.59 Å². The van der Waals surface area contributed by atoms with E-state index >= 15 is 0 Å². The van der Waals surface area contributed by atoms with Crippen molar-refractivity contribution in [3.63, 3.8) is 0 Å². The van der Waals surface area contributed by atoms with Gasteiger partial charge in [0.2, 0.25) is 5.91 Å². The van der Waals surface area contributed by atoms with Crippen LogP contribution in [0.5, 0.6) is 0 Å². The van der Waals surface area contributed by atoms with Crippen molar-refractivity contribution in [2.75, 3.05) is 5.32 Å². The first-order valence-corrected chi connectivity index (χ1v) is 7.11. The SMILES string of the molecule is C=C(NNC(C)=O)c1cccc(NC(=O)c2cccs2)c1. The highest BCUT2D eigenvalue weighted by molar-refractivity contribution is 7.12. The summed E-state index contributed by atoms with van der Waals surface area (Å²) in [4.78, 5) is 23.5. The largest absolute Gasteiger partial charge is 0.321 e. The zero-order chi connectivity index (χ0) is 15.2. The van der Waals surface area contributed by atoms with Gasteiger partial charge >= 0.3 is 0 Å². The molecule has 2 aromatic rings. The lowest BCUT2D eigenvalue weighted by molar-refractivity contribution is -0.119. The molecule has 0 bridgehead atoms. The quantitative estimate of drug-likeness (QED) is 0.744. The minimum atomic E-state index is -0.210. The second-order valence-corrected chi connectivity index (χ2v) is 5.24. The lowest BCUT2D eigenvalue weighted by atomic mass is 10.1. The van der Waals surface area contributed by atoms with Crippen molar-refractivity contribution in [2.45, 2.75) is 6.92 Å². The Hall–Kier alpha value is -2.60. The summed E-state index contributed by atoms with van der Waals surface area (Å²) in [7, 11) is 0. The maximum Gasteiger partial charge on any atom is 0.265 e. The summed E-state index contributed by atoms with van der Waals surface area (Å²) in [6, 6.07) is 10.8. The highest BCUT2D eigenvalue weighted by Gasteiger charge is 2.07. The lowest BCUT2D eigenvalue weighted by Crippen LogP contribution is -2.33. The van der Waals surface area contributed by atoms with Crippen molar-refractivity contribution in [3.05, 3.63) is 58.8 Å². The number of amides is 2. The lowest BCUT2D eigenvalue weighted by Gasteiger charge is -2.11. The Morgan fingerprint density at radius 1 is 1.14 bits per heavy atom. The van der Waals surface area contributed by atoms with Crippen LogP contribution in [0.4, 0.5) is 5.69 Å². The summed E-state index contributed by atoms with van der Waals surface area (Å²) in [6.45, 7) is 5.23. The molecule has 6 heteroatoms. The molecule has 0 aliphatic heterocycles. The summed E-state index contributed by atoms with van der Waals surface area (Å²) in [5, 5.41) is 4.67. The Balaban J connectivity index is 2.05. The second-order valence-electron chi connectivity index (χ2n) is 4.30. The van der Waals surface area contributed by atoms with Crippen molar-refractivity contribution in [3.8, 4) is 0 Å². The van der Waals surface area contributed by atoms with E-state index in [2.05, 4.69) is 22.7 Å². The Morgan fingerprint density at radius 3 is 2.62 bits per heavy atom. The van der Waals surface area contributed by atoms with Crippen LogP contribution in [0, 0.1) is 0 Å². The Bertz CT molecular complexity index is 665. The first-order valence-electron chi connectivity index (χ1n) is 6.23. The van der Waals surface area contributed by atoms with Gasteiger partial charge in [-0.25, -0.2) is 0 Å². The predicted molar refractivity (Wildman–Crippen MR) is 84.7 cm³/mol. The fraction of sp³-hybridized carbons (Fsp3) is 0.0667. The van der Waals surface area contributed by atoms with E-state index in [-0.39, 0.29) is 11.8 Å². The molecule has 0 unspecified atom stereocenters. The number of nitrogens with one attached hydrogen (secondary N) is 3. The fourth-order valence-electron chi connectivity index (χ4n) is 1.62. The average Bonchev–Trinajstić information content (AvgIpc) is 2.99. The summed E-state index contributed by atoms with van der Waals surface area (Å²) in [5.74, 6) is -0.360. The predicted octanol–water partition coefficient (Wildman–Crippen LogP) is 2.61. The van der Waals surface area contributed by atoms with Gasteiger partial charge in [-0.3, -0.25) is 20.4 Å². The van der Waals surface area contributed by atoms with Gasteiger partial charge in [-0.1, -0.05) is 24.8 Å². The summed E-state index contributed by atoms with van der Waals surface area (Å²) >= 11 is 1.38. The van der Waals surface area contributed by atoms with Gasteiger partial charge in [-0.2, -0.15) is 0 Å². The van der Waals surface area contributed by atoms with Crippen LogP contribution in [0.25, 0.3) is 5.70 Å². The highest BCUT2D eigenvalue weighted by atomic mass is 32.1. The van der Waals surface area contributed by atoms with E-state index in [4.69, 9.17) is 0 Å². The maximum absolute atomic E-state index is 12.0. The van der Waals surface area contributed by atoms with Crippen molar-refractivity contribution in [2.24, 2.45) is 0 Å². The number of carbonyl (C=O) groups is 2. The molecule has 108 valence electrons. The summed E-state index contributed by atoms with van der Waals surface area (Å²) in [5.41, 5.74) is 7.13. The standard InChI is InChI=1S/C15H15N3O2S/c1-10(17-18-11(2)19)12-5-3-6-13(9-12)16-15(20)14-7-4-8-21-14/h3-9,17H,1H2,2H3,(H,16,20)(H,18,19). The Labute approximate surface area is 126 Å². The van der Waals surface area contributed by atoms with Crippen LogP contribution in [0.3, 0.4) is 0 Å². The first kappa shape index (κ1) is 14.8. The molecule has 0 aliphatic rings. The maximum atomic E-state index is 12.0. The van der Waals surface area contributed by atoms with E-state index in [9.17, 15) is 9.59 Å². The first-order chi connectivity index (χ1) is 10.1. The smallest absolute Gasteiger partial charge is 0.265 e. The van der Waals surface area contributed by atoms with Crippen LogP contribution in [0.15, 0.2) is 48.4 Å². The van der Waals surface area contributed by atoms with Gasteiger partial charge in [0.05, 0.1) is 10.6 Å². The number of rotatable bonds is 5. The van der Waals surface area contributed by atoms with Crippen LogP contribution in [-0.4, -0.2) is 11.8 Å². The van der Waals surface area contributed by atoms with Gasteiger partial charge in [0.25, 0.3) is 5.91 Å². The van der Waals surface area contributed by atoms with Gasteiger partial charge < -0.3 is 5.32 Å². The number of hydrazine groups is 1. The average molecular weight is 301 g/mol. The normalized spacial score (nSPS) is 9.76. The Morgan fingerprint density at radius 2 is 1.95 bits per heavy atom. The second kappa shape index (κ2) is 6.71. The molecule has 0 spiro atoms. The molecule has 0 saturated carbocycles. The fourth-order valence-corrected chi connectivity index (χ4v) is 2.24. The number of thiophene rings is 1. The number of hydrogen-bond donors (Lipinski definition) is 3. The molecule has 1 heterocycles. The van der Waals surface area contributed by atoms with Crippen molar-refractivity contribution in [1.82, 2.24) is 10.9 Å². The third-order valence-corrected chi connectivity index (χ3v) is 3.47. The van der Waals surface area contributed by atoms with Crippen LogP contribution in [-0.2, 0) is 4.79 Å². The molecule has 2 rings (SSSR count). The van der Waals surface area contributed by atoms with E-state index in [1.807, 2.05) is 17.5 Å². The molecule has 0 saturated heterocycles. The molecule has 21 heavy (non-hydrogen) atoms. The van der Waals surface area contributed by atoms with E-state index in [0.717, 1.165) is 5.56 Å². The number of hydrogen-bond acceptors (Lipinski definition) is 4. The number of carbonyl (C=O) groups excluding carboxylic acids is 2. The van der Waals surface area contributed by atoms with Crippen molar-refractivity contribution >= 4 is 34.5 Å². The Kier molecular flexibility index (Phi) is 4.73. The minimum Gasteiger partial charge on any atom is -0.321 e. The summed E-state index contributed by atoms with van der Waals surface area (Å²) in [6.07, 6.45) is 0. The zero-order valence-electron chi connectivity index (χ0n) is 11.5. The topological polar surface area (TPSA) is 70.2 Å². The molecule has 0 atom stereocenters. The van der Waals surface area contributed by atoms with Gasteiger partial charge in [0, 0.05) is 18.2 Å². The number of benzene rings is 1. The van der Waals surface area contributed by atoms with Crippen LogP contribution in [0.2, 0.25) is 0 Å². The van der Waals surface area contributed by atoms with E-state index in [1.165, 1.54) is 18.3 Å². The molecular weight excluding hydrogens is 286 g/mol. The molecule has 0 fully saturated rings. The van der Waals surface area contributed by atoms with Crippen molar-refractivity contribution in [1.29, 1.82) is 0 Å². The third-order valence-electron chi connectivity index (χ3n) is 2.60.